The van der Waals surface area contributed by atoms with E-state index in [2.05, 4.69) is 15.2 Å². The lowest BCUT2D eigenvalue weighted by molar-refractivity contribution is -0.111. The summed E-state index contributed by atoms with van der Waals surface area (Å²) in [4.78, 5) is 44.9. The van der Waals surface area contributed by atoms with Gasteiger partial charge in [0.1, 0.15) is 11.8 Å². The molecule has 0 aliphatic carbocycles. The molecule has 2 aromatic heterocycles. The minimum Gasteiger partial charge on any atom is -0.477 e. The Bertz CT molecular complexity index is 1130. The van der Waals surface area contributed by atoms with Crippen LogP contribution in [0, 0.1) is 30.3 Å². The molecular weight excluding hydrogens is 387 g/mol. The summed E-state index contributed by atoms with van der Waals surface area (Å²) < 4.78 is 16.2. The minimum atomic E-state index is -1.46. The van der Waals surface area contributed by atoms with Crippen molar-refractivity contribution in [3.63, 3.8) is 0 Å². The summed E-state index contributed by atoms with van der Waals surface area (Å²) in [6.07, 6.45) is 7.20. The number of aryl methyl sites for hydroxylation is 1. The molecule has 0 amide bonds. The van der Waals surface area contributed by atoms with Crippen LogP contribution in [-0.2, 0) is 4.79 Å². The van der Waals surface area contributed by atoms with E-state index in [1.807, 2.05) is 0 Å². The highest BCUT2D eigenvalue weighted by Crippen LogP contribution is 2.30. The molecule has 0 bridgehead atoms. The van der Waals surface area contributed by atoms with E-state index < -0.39 is 22.8 Å². The maximum atomic E-state index is 15.0. The van der Waals surface area contributed by atoms with E-state index in [1.54, 1.807) is 4.90 Å². The fourth-order valence-electron chi connectivity index (χ4n) is 3.01. The van der Waals surface area contributed by atoms with Gasteiger partial charge in [-0.2, -0.15) is 0 Å². The number of carbonyl (C=O) groups excluding carboxylic acids is 1. The number of aldehydes is 1. The zero-order chi connectivity index (χ0) is 20.6. The Balaban J connectivity index is 2.37. The van der Waals surface area contributed by atoms with E-state index in [0.717, 1.165) is 24.2 Å². The zero-order valence-corrected chi connectivity index (χ0v) is 15.8. The molecule has 0 saturated carbocycles. The number of fused-ring (bicyclic) bond motifs is 1. The first kappa shape index (κ1) is 19.6. The van der Waals surface area contributed by atoms with Crippen LogP contribution in [-0.4, -0.2) is 52.2 Å². The Hall–Kier alpha value is -3.19. The lowest BCUT2D eigenvalue weighted by Gasteiger charge is -2.37. The van der Waals surface area contributed by atoms with Crippen molar-refractivity contribution in [3.05, 3.63) is 33.4 Å². The van der Waals surface area contributed by atoms with Gasteiger partial charge in [-0.15, -0.1) is 6.42 Å². The van der Waals surface area contributed by atoms with Gasteiger partial charge in [-0.25, -0.2) is 14.2 Å². The normalized spacial score (nSPS) is 14.6. The van der Waals surface area contributed by atoms with Crippen molar-refractivity contribution in [2.24, 2.45) is 10.9 Å². The maximum Gasteiger partial charge on any atom is 0.341 e. The van der Waals surface area contributed by atoms with E-state index in [0.29, 0.717) is 13.1 Å². The number of anilines is 1. The summed E-state index contributed by atoms with van der Waals surface area (Å²) in [6.45, 7) is 2.00. The number of carboxylic acid groups (broad SMARTS) is 1. The van der Waals surface area contributed by atoms with Crippen molar-refractivity contribution in [3.8, 4) is 11.7 Å². The second-order valence-corrected chi connectivity index (χ2v) is 6.95. The van der Waals surface area contributed by atoms with Crippen molar-refractivity contribution >= 4 is 46.0 Å². The molecule has 0 spiro atoms. The number of nitrogens with zero attached hydrogens (tertiary/aromatic N) is 4. The van der Waals surface area contributed by atoms with E-state index >= 15 is 0 Å². The Kier molecular flexibility index (Phi) is 5.20. The Morgan fingerprint density at radius 3 is 2.75 bits per heavy atom. The average Bonchev–Trinajstić information content (AvgIpc) is 2.62. The van der Waals surface area contributed by atoms with E-state index in [4.69, 9.17) is 6.42 Å². The molecule has 0 unspecified atom stereocenters. The van der Waals surface area contributed by atoms with E-state index in [9.17, 15) is 23.9 Å². The molecule has 0 atom stereocenters. The Morgan fingerprint density at radius 1 is 1.54 bits per heavy atom. The molecule has 0 radical (unpaired) electrons. The number of aromatic nitrogens is 2. The number of thioether (sulfide) groups is 1. The maximum absolute atomic E-state index is 15.0. The van der Waals surface area contributed by atoms with Crippen LogP contribution in [0.3, 0.4) is 0 Å². The van der Waals surface area contributed by atoms with Crippen LogP contribution in [0.15, 0.2) is 16.0 Å². The van der Waals surface area contributed by atoms with Gasteiger partial charge in [0.05, 0.1) is 5.39 Å². The van der Waals surface area contributed by atoms with Gasteiger partial charge in [-0.05, 0) is 12.2 Å². The van der Waals surface area contributed by atoms with Gasteiger partial charge in [0.2, 0.25) is 5.43 Å². The van der Waals surface area contributed by atoms with E-state index in [-0.39, 0.29) is 33.5 Å². The average molecular weight is 402 g/mol. The first-order valence-corrected chi connectivity index (χ1v) is 8.94. The number of rotatable bonds is 3. The molecule has 1 aliphatic heterocycles. The monoisotopic (exact) mass is 402 g/mol. The third-order valence-corrected chi connectivity index (χ3v) is 5.15. The number of carbonyl (C=O) groups is 2. The van der Waals surface area contributed by atoms with Gasteiger partial charge >= 0.3 is 5.97 Å². The summed E-state index contributed by atoms with van der Waals surface area (Å²) in [5.74, 6) is -2.41. The fourth-order valence-corrected chi connectivity index (χ4v) is 3.45. The van der Waals surface area contributed by atoms with Crippen molar-refractivity contribution in [2.75, 3.05) is 25.0 Å². The van der Waals surface area contributed by atoms with Crippen molar-refractivity contribution in [1.82, 2.24) is 9.55 Å². The molecule has 8 nitrogen and oxygen atoms in total. The largest absolute Gasteiger partial charge is 0.477 e. The second-order valence-electron chi connectivity index (χ2n) is 6.15. The molecule has 0 aromatic carbocycles. The minimum absolute atomic E-state index is 0.0134. The number of hydrogen-bond acceptors (Lipinski definition) is 7. The summed E-state index contributed by atoms with van der Waals surface area (Å²) in [5.41, 5.74) is -1.38. The van der Waals surface area contributed by atoms with Crippen LogP contribution in [0.4, 0.5) is 10.2 Å². The summed E-state index contributed by atoms with van der Waals surface area (Å²) in [6, 6.07) is 0. The Labute approximate surface area is 163 Å². The standard InChI is InChI=1S/C18H15FN4O4S/c1-4-28-18(20-3)23-7-11(17(26)27)14(25)12-9(2)13(19)16(21-15(12)23)22-5-10(6-22)8-24/h1,7-8,10H,5-6H2,2-3H3,(H,26,27). The molecule has 28 heavy (non-hydrogen) atoms. The Morgan fingerprint density at radius 2 is 2.21 bits per heavy atom. The second kappa shape index (κ2) is 7.44. The zero-order valence-electron chi connectivity index (χ0n) is 15.0. The highest BCUT2D eigenvalue weighted by molar-refractivity contribution is 8.17. The fraction of sp³-hybridized carbons (Fsp3) is 0.278. The SMILES string of the molecule is C#CSC(=NC)n1cc(C(=O)O)c(=O)c2c(C)c(F)c(N3CC(C=O)C3)nc21. The number of hydrogen-bond donors (Lipinski definition) is 1. The summed E-state index contributed by atoms with van der Waals surface area (Å²) >= 11 is 0.871. The summed E-state index contributed by atoms with van der Waals surface area (Å²) in [5, 5.41) is 11.8. The number of aliphatic imine (C=N–C) groups is 1. The van der Waals surface area contributed by atoms with Crippen LogP contribution < -0.4 is 10.3 Å². The van der Waals surface area contributed by atoms with Crippen LogP contribution in [0.2, 0.25) is 0 Å². The molecule has 144 valence electrons. The topological polar surface area (TPSA) is 105 Å². The number of halogens is 1. The molecule has 1 N–H and O–H groups in total. The highest BCUT2D eigenvalue weighted by Gasteiger charge is 2.32. The summed E-state index contributed by atoms with van der Waals surface area (Å²) in [7, 11) is 1.45. The van der Waals surface area contributed by atoms with Gasteiger partial charge in [0.15, 0.2) is 22.4 Å². The molecule has 10 heteroatoms. The lowest BCUT2D eigenvalue weighted by atomic mass is 10.0. The predicted octanol–water partition coefficient (Wildman–Crippen LogP) is 1.34. The van der Waals surface area contributed by atoms with Crippen LogP contribution in [0.25, 0.3) is 11.0 Å². The van der Waals surface area contributed by atoms with Crippen LogP contribution in [0.1, 0.15) is 15.9 Å². The third-order valence-electron chi connectivity index (χ3n) is 4.47. The molecule has 1 fully saturated rings. The van der Waals surface area contributed by atoms with Crippen molar-refractivity contribution in [2.45, 2.75) is 6.92 Å². The van der Waals surface area contributed by atoms with Crippen LogP contribution >= 0.6 is 11.8 Å². The number of terminal acetylenes is 1. The third kappa shape index (κ3) is 3.03. The van der Waals surface area contributed by atoms with Crippen LogP contribution in [0.5, 0.6) is 0 Å². The number of carboxylic acids is 1. The van der Waals surface area contributed by atoms with Crippen molar-refractivity contribution < 1.29 is 19.1 Å². The molecule has 1 saturated heterocycles. The smallest absolute Gasteiger partial charge is 0.341 e. The van der Waals surface area contributed by atoms with Gasteiger partial charge in [0.25, 0.3) is 0 Å². The van der Waals surface area contributed by atoms with E-state index in [1.165, 1.54) is 18.5 Å². The lowest BCUT2D eigenvalue weighted by Crippen LogP contribution is -2.48. The first-order chi connectivity index (χ1) is 13.3. The quantitative estimate of drug-likeness (QED) is 0.357. The number of aromatic carboxylic acids is 1. The molecule has 1 aliphatic rings. The van der Waals surface area contributed by atoms with Gasteiger partial charge < -0.3 is 14.8 Å². The van der Waals surface area contributed by atoms with Gasteiger partial charge in [0, 0.05) is 49.6 Å². The number of pyridine rings is 2. The molecule has 3 heterocycles. The van der Waals surface area contributed by atoms with Gasteiger partial charge in [-0.1, -0.05) is 0 Å². The predicted molar refractivity (Wildman–Crippen MR) is 105 cm³/mol. The highest BCUT2D eigenvalue weighted by atomic mass is 32.2. The molecule has 3 rings (SSSR count). The first-order valence-electron chi connectivity index (χ1n) is 8.12. The molecular formula is C18H15FN4O4S. The van der Waals surface area contributed by atoms with Crippen molar-refractivity contribution in [1.29, 1.82) is 0 Å². The molecule has 2 aromatic rings. The van der Waals surface area contributed by atoms with Gasteiger partial charge in [-0.3, -0.25) is 14.4 Å².